The van der Waals surface area contributed by atoms with E-state index in [1.54, 1.807) is 0 Å². The first-order valence-electron chi connectivity index (χ1n) is 6.68. The fraction of sp³-hybridized carbons (Fsp3) is 0.111. The predicted molar refractivity (Wildman–Crippen MR) is 85.1 cm³/mol. The fourth-order valence-electron chi connectivity index (χ4n) is 2.47. The van der Waals surface area contributed by atoms with Gasteiger partial charge in [-0.15, -0.1) is 0 Å². The van der Waals surface area contributed by atoms with Gasteiger partial charge in [-0.3, -0.25) is 0 Å². The molecule has 1 unspecified atom stereocenters. The van der Waals surface area contributed by atoms with Gasteiger partial charge in [-0.25, -0.2) is 0 Å². The average Bonchev–Trinajstić information content (AvgIpc) is 2.51. The van der Waals surface area contributed by atoms with Crippen molar-refractivity contribution in [1.82, 2.24) is 0 Å². The second-order valence-corrected chi connectivity index (χ2v) is 7.09. The van der Waals surface area contributed by atoms with Gasteiger partial charge in [0.2, 0.25) is 0 Å². The second-order valence-electron chi connectivity index (χ2n) is 4.66. The van der Waals surface area contributed by atoms with E-state index in [0.717, 1.165) is 6.42 Å². The number of thiol groups is 1. The lowest BCUT2D eigenvalue weighted by Gasteiger charge is -2.30. The Kier molecular flexibility index (Phi) is 3.85. The van der Waals surface area contributed by atoms with E-state index in [4.69, 9.17) is 0 Å². The van der Waals surface area contributed by atoms with Crippen molar-refractivity contribution in [3.05, 3.63) is 85.0 Å². The van der Waals surface area contributed by atoms with Crippen molar-refractivity contribution in [1.29, 1.82) is 0 Å². The third-order valence-electron chi connectivity index (χ3n) is 3.36. The quantitative estimate of drug-likeness (QED) is 0.743. The van der Waals surface area contributed by atoms with E-state index in [0.29, 0.717) is 5.25 Å². The maximum absolute atomic E-state index is 2.37. The Morgan fingerprint density at radius 3 is 1.79 bits per heavy atom. The third-order valence-corrected chi connectivity index (χ3v) is 6.11. The summed E-state index contributed by atoms with van der Waals surface area (Å²) in [6.07, 6.45) is 10.1. The minimum atomic E-state index is -0.307. The summed E-state index contributed by atoms with van der Waals surface area (Å²) in [5, 5.41) is 0.616. The number of hydrogen-bond acceptors (Lipinski definition) is 0. The van der Waals surface area contributed by atoms with E-state index in [9.17, 15) is 0 Å². The molecule has 0 radical (unpaired) electrons. The zero-order chi connectivity index (χ0) is 12.9. The lowest BCUT2D eigenvalue weighted by Crippen LogP contribution is -2.07. The molecule has 0 aromatic heterocycles. The van der Waals surface area contributed by atoms with Crippen molar-refractivity contribution in [2.45, 2.75) is 21.5 Å². The first-order valence-corrected chi connectivity index (χ1v) is 8.09. The van der Waals surface area contributed by atoms with Gasteiger partial charge in [-0.05, 0) is 40.5 Å². The fourth-order valence-corrected chi connectivity index (χ4v) is 5.12. The Balaban J connectivity index is 2.01. The maximum Gasteiger partial charge on any atom is 0.0158 e. The highest BCUT2D eigenvalue weighted by Crippen LogP contribution is 2.50. The van der Waals surface area contributed by atoms with Crippen LogP contribution in [-0.4, -0.2) is 5.25 Å². The van der Waals surface area contributed by atoms with Crippen molar-refractivity contribution >= 4 is 10.9 Å². The van der Waals surface area contributed by atoms with Crippen molar-refractivity contribution < 1.29 is 0 Å². The normalized spacial score (nSPS) is 18.3. The zero-order valence-electron chi connectivity index (χ0n) is 10.8. The van der Waals surface area contributed by atoms with Gasteiger partial charge >= 0.3 is 0 Å². The molecule has 2 aromatic carbocycles. The number of hydrogen-bond donors (Lipinski definition) is 1. The highest BCUT2D eigenvalue weighted by molar-refractivity contribution is 8.17. The Labute approximate surface area is 117 Å². The van der Waals surface area contributed by atoms with Gasteiger partial charge in [-0.2, -0.15) is 10.9 Å². The summed E-state index contributed by atoms with van der Waals surface area (Å²) in [6.45, 7) is 0. The summed E-state index contributed by atoms with van der Waals surface area (Å²) in [6, 6.07) is 21.9. The molecule has 0 saturated carbocycles. The van der Waals surface area contributed by atoms with Gasteiger partial charge in [0.05, 0.1) is 0 Å². The monoisotopic (exact) mass is 266 g/mol. The smallest absolute Gasteiger partial charge is 0.0158 e. The first-order chi connectivity index (χ1) is 9.45. The lowest BCUT2D eigenvalue weighted by atomic mass is 10.2. The largest absolute Gasteiger partial charge is 0.193 e. The van der Waals surface area contributed by atoms with Crippen LogP contribution in [0.3, 0.4) is 0 Å². The first kappa shape index (κ1) is 12.3. The molecule has 1 aliphatic carbocycles. The van der Waals surface area contributed by atoms with E-state index >= 15 is 0 Å². The van der Waals surface area contributed by atoms with Crippen molar-refractivity contribution in [2.75, 3.05) is 0 Å². The molecule has 19 heavy (non-hydrogen) atoms. The molecule has 1 atom stereocenters. The topological polar surface area (TPSA) is 0 Å². The van der Waals surface area contributed by atoms with Crippen LogP contribution in [0.15, 0.2) is 94.8 Å². The molecular formula is C18H18S. The average molecular weight is 266 g/mol. The molecule has 96 valence electrons. The van der Waals surface area contributed by atoms with Crippen LogP contribution >= 0.6 is 10.9 Å². The molecular weight excluding hydrogens is 248 g/mol. The van der Waals surface area contributed by atoms with Crippen LogP contribution in [0.25, 0.3) is 0 Å². The van der Waals surface area contributed by atoms with Gasteiger partial charge in [-0.1, -0.05) is 60.7 Å². The highest BCUT2D eigenvalue weighted by Gasteiger charge is 2.18. The molecule has 0 amide bonds. The molecule has 0 aliphatic heterocycles. The zero-order valence-corrected chi connectivity index (χ0v) is 11.7. The van der Waals surface area contributed by atoms with Crippen LogP contribution in [0.2, 0.25) is 0 Å². The van der Waals surface area contributed by atoms with E-state index in [2.05, 4.69) is 85.0 Å². The minimum Gasteiger partial charge on any atom is -0.193 e. The minimum absolute atomic E-state index is 0.307. The molecule has 2 aromatic rings. The Morgan fingerprint density at radius 2 is 1.32 bits per heavy atom. The summed E-state index contributed by atoms with van der Waals surface area (Å²) < 4.78 is 0. The molecule has 0 N–H and O–H groups in total. The summed E-state index contributed by atoms with van der Waals surface area (Å²) in [4.78, 5) is 2.93. The van der Waals surface area contributed by atoms with Crippen LogP contribution in [0, 0.1) is 0 Å². The lowest BCUT2D eigenvalue weighted by molar-refractivity contribution is 1.04. The van der Waals surface area contributed by atoms with Crippen molar-refractivity contribution in [3.8, 4) is 0 Å². The molecule has 1 heteroatoms. The van der Waals surface area contributed by atoms with Crippen LogP contribution in [0.5, 0.6) is 0 Å². The van der Waals surface area contributed by atoms with Crippen LogP contribution in [-0.2, 0) is 0 Å². The number of benzene rings is 2. The molecule has 0 spiro atoms. The number of rotatable bonds is 3. The van der Waals surface area contributed by atoms with Gasteiger partial charge in [0, 0.05) is 5.25 Å². The van der Waals surface area contributed by atoms with Crippen LogP contribution in [0.4, 0.5) is 0 Å². The van der Waals surface area contributed by atoms with Crippen LogP contribution in [0.1, 0.15) is 6.42 Å². The van der Waals surface area contributed by atoms with E-state index in [1.807, 2.05) is 0 Å². The van der Waals surface area contributed by atoms with E-state index in [-0.39, 0.29) is 10.9 Å². The Bertz CT molecular complexity index is 530. The molecule has 0 nitrogen and oxygen atoms in total. The Morgan fingerprint density at radius 1 is 0.737 bits per heavy atom. The van der Waals surface area contributed by atoms with Crippen LogP contribution < -0.4 is 0 Å². The molecule has 0 fully saturated rings. The van der Waals surface area contributed by atoms with Gasteiger partial charge in [0.25, 0.3) is 0 Å². The summed E-state index contributed by atoms with van der Waals surface area (Å²) in [5.74, 6) is 0. The highest BCUT2D eigenvalue weighted by atomic mass is 32.2. The second kappa shape index (κ2) is 5.94. The Hall–Kier alpha value is -1.73. The molecule has 0 heterocycles. The number of allylic oxidation sites excluding steroid dienone is 3. The predicted octanol–water partition coefficient (Wildman–Crippen LogP) is 4.99. The van der Waals surface area contributed by atoms with E-state index in [1.165, 1.54) is 9.79 Å². The molecule has 0 bridgehead atoms. The van der Waals surface area contributed by atoms with Crippen molar-refractivity contribution in [3.63, 3.8) is 0 Å². The molecule has 0 saturated heterocycles. The standard InChI is InChI=1S/C18H18S/c1-4-10-16(11-5-1)19(17-12-6-2-7-13-17)18-14-8-3-9-15-18/h1-14,18-19H,15H2. The summed E-state index contributed by atoms with van der Waals surface area (Å²) >= 11 is 0. The SMILES string of the molecule is C1=CCC([SH](c2ccccc2)c2ccccc2)C=C1. The molecule has 1 aliphatic rings. The summed E-state index contributed by atoms with van der Waals surface area (Å²) in [5.41, 5.74) is 0. The maximum atomic E-state index is 2.37. The van der Waals surface area contributed by atoms with Crippen molar-refractivity contribution in [2.24, 2.45) is 0 Å². The van der Waals surface area contributed by atoms with Gasteiger partial charge in [0.15, 0.2) is 0 Å². The van der Waals surface area contributed by atoms with Gasteiger partial charge < -0.3 is 0 Å². The molecule has 3 rings (SSSR count). The third kappa shape index (κ3) is 2.82. The van der Waals surface area contributed by atoms with E-state index < -0.39 is 0 Å². The van der Waals surface area contributed by atoms with Gasteiger partial charge in [0.1, 0.15) is 0 Å². The summed E-state index contributed by atoms with van der Waals surface area (Å²) in [7, 11) is -0.307.